The topological polar surface area (TPSA) is 33.1 Å². The third-order valence-electron chi connectivity index (χ3n) is 2.44. The Labute approximate surface area is 102 Å². The molecule has 90 valence electrons. The highest BCUT2D eigenvalue weighted by Crippen LogP contribution is 2.26. The van der Waals surface area contributed by atoms with Gasteiger partial charge < -0.3 is 5.11 Å². The molecule has 0 radical (unpaired) electrons. The number of aromatic nitrogens is 1. The second kappa shape index (κ2) is 4.55. The Bertz CT molecular complexity index is 527. The molecule has 0 saturated carbocycles. The number of nitrogens with zero attached hydrogens (tertiary/aromatic N) is 1. The smallest absolute Gasteiger partial charge is 0.347 e. The monoisotopic (exact) mass is 257 g/mol. The Kier molecular flexibility index (Phi) is 3.26. The van der Waals surface area contributed by atoms with E-state index >= 15 is 0 Å². The molecule has 1 unspecified atom stereocenters. The molecule has 0 aliphatic carbocycles. The molecule has 1 atom stereocenters. The number of rotatable bonds is 3. The Morgan fingerprint density at radius 3 is 2.65 bits per heavy atom. The maximum Gasteiger partial charge on any atom is 0.347 e. The summed E-state index contributed by atoms with van der Waals surface area (Å²) < 4.78 is 25.2. The lowest BCUT2D eigenvalue weighted by molar-refractivity contribution is -0.0401. The summed E-state index contributed by atoms with van der Waals surface area (Å²) in [4.78, 5) is 4.18. The SMILES string of the molecule is OC(Cc1ccc2ccccc2n1)C(F)(F)Cl. The molecular weight excluding hydrogens is 248 g/mol. The van der Waals surface area contributed by atoms with E-state index < -0.39 is 11.5 Å². The number of fused-ring (bicyclic) bond motifs is 1. The summed E-state index contributed by atoms with van der Waals surface area (Å²) in [6.07, 6.45) is -2.21. The van der Waals surface area contributed by atoms with Gasteiger partial charge in [-0.1, -0.05) is 24.3 Å². The quantitative estimate of drug-likeness (QED) is 0.858. The zero-order chi connectivity index (χ0) is 12.5. The van der Waals surface area contributed by atoms with Gasteiger partial charge in [-0.2, -0.15) is 8.78 Å². The van der Waals surface area contributed by atoms with Crippen molar-refractivity contribution in [2.75, 3.05) is 0 Å². The van der Waals surface area contributed by atoms with Gasteiger partial charge in [-0.3, -0.25) is 4.98 Å². The number of para-hydroxylation sites is 1. The van der Waals surface area contributed by atoms with Crippen LogP contribution >= 0.6 is 11.6 Å². The fourth-order valence-electron chi connectivity index (χ4n) is 1.54. The molecule has 0 aliphatic heterocycles. The van der Waals surface area contributed by atoms with Crippen molar-refractivity contribution in [2.45, 2.75) is 17.9 Å². The summed E-state index contributed by atoms with van der Waals surface area (Å²) in [5, 5.41) is 6.48. The van der Waals surface area contributed by atoms with Crippen molar-refractivity contribution in [3.63, 3.8) is 0 Å². The molecule has 0 aliphatic rings. The molecule has 2 aromatic rings. The minimum Gasteiger partial charge on any atom is -0.385 e. The zero-order valence-corrected chi connectivity index (χ0v) is 9.53. The first-order valence-corrected chi connectivity index (χ1v) is 5.44. The van der Waals surface area contributed by atoms with Crippen molar-refractivity contribution < 1.29 is 13.9 Å². The Hall–Kier alpha value is -1.26. The summed E-state index contributed by atoms with van der Waals surface area (Å²) in [6, 6.07) is 10.7. The second-order valence-corrected chi connectivity index (χ2v) is 4.26. The first kappa shape index (κ1) is 12.2. The average Bonchev–Trinajstić information content (AvgIpc) is 2.27. The van der Waals surface area contributed by atoms with Gasteiger partial charge in [-0.05, 0) is 23.7 Å². The number of benzene rings is 1. The van der Waals surface area contributed by atoms with Gasteiger partial charge in [0.25, 0.3) is 0 Å². The number of halogens is 3. The molecule has 2 nitrogen and oxygen atoms in total. The molecule has 1 N–H and O–H groups in total. The highest BCUT2D eigenvalue weighted by atomic mass is 35.5. The molecule has 0 spiro atoms. The van der Waals surface area contributed by atoms with Crippen LogP contribution in [-0.2, 0) is 6.42 Å². The number of hydrogen-bond donors (Lipinski definition) is 1. The summed E-state index contributed by atoms with van der Waals surface area (Å²) in [7, 11) is 0. The number of pyridine rings is 1. The Balaban J connectivity index is 2.25. The van der Waals surface area contributed by atoms with Crippen molar-refractivity contribution in [2.24, 2.45) is 0 Å². The maximum absolute atomic E-state index is 12.6. The molecule has 0 amide bonds. The summed E-state index contributed by atoms with van der Waals surface area (Å²) in [5.74, 6) is 0. The van der Waals surface area contributed by atoms with Crippen LogP contribution in [-0.4, -0.2) is 21.6 Å². The van der Waals surface area contributed by atoms with Gasteiger partial charge in [0.2, 0.25) is 0 Å². The summed E-state index contributed by atoms with van der Waals surface area (Å²) >= 11 is 4.74. The van der Waals surface area contributed by atoms with Crippen LogP contribution in [0.1, 0.15) is 5.69 Å². The molecule has 0 bridgehead atoms. The molecule has 0 saturated heterocycles. The minimum absolute atomic E-state index is 0.276. The van der Waals surface area contributed by atoms with Crippen LogP contribution in [0.3, 0.4) is 0 Å². The van der Waals surface area contributed by atoms with Crippen molar-refractivity contribution in [1.82, 2.24) is 4.98 Å². The second-order valence-electron chi connectivity index (χ2n) is 3.76. The van der Waals surface area contributed by atoms with Crippen LogP contribution in [0.2, 0.25) is 0 Å². The molecule has 1 aromatic carbocycles. The Morgan fingerprint density at radius 2 is 1.94 bits per heavy atom. The molecule has 2 rings (SSSR count). The first-order chi connectivity index (χ1) is 7.97. The molecule has 17 heavy (non-hydrogen) atoms. The van der Waals surface area contributed by atoms with Crippen LogP contribution in [0.4, 0.5) is 8.78 Å². The summed E-state index contributed by atoms with van der Waals surface area (Å²) in [5.41, 5.74) is 1.09. The number of alkyl halides is 3. The van der Waals surface area contributed by atoms with E-state index in [1.165, 1.54) is 0 Å². The van der Waals surface area contributed by atoms with Gasteiger partial charge in [-0.15, -0.1) is 0 Å². The average molecular weight is 258 g/mol. The Morgan fingerprint density at radius 1 is 1.24 bits per heavy atom. The van der Waals surface area contributed by atoms with Crippen molar-refractivity contribution in [3.05, 3.63) is 42.1 Å². The van der Waals surface area contributed by atoms with E-state index in [9.17, 15) is 13.9 Å². The number of aliphatic hydroxyl groups is 1. The van der Waals surface area contributed by atoms with Crippen LogP contribution in [0.5, 0.6) is 0 Å². The molecule has 1 heterocycles. The number of aliphatic hydroxyl groups excluding tert-OH is 1. The van der Waals surface area contributed by atoms with Crippen LogP contribution in [0, 0.1) is 0 Å². The predicted octanol–water partition coefficient (Wildman–Crippen LogP) is 2.97. The van der Waals surface area contributed by atoms with Crippen LogP contribution in [0.25, 0.3) is 10.9 Å². The van der Waals surface area contributed by atoms with E-state index in [-0.39, 0.29) is 6.42 Å². The molecule has 1 aromatic heterocycles. The van der Waals surface area contributed by atoms with E-state index in [0.29, 0.717) is 11.2 Å². The lowest BCUT2D eigenvalue weighted by Crippen LogP contribution is -2.29. The van der Waals surface area contributed by atoms with E-state index in [1.807, 2.05) is 18.2 Å². The predicted molar refractivity (Wildman–Crippen MR) is 62.3 cm³/mol. The van der Waals surface area contributed by atoms with Gasteiger partial charge in [0, 0.05) is 17.5 Å². The van der Waals surface area contributed by atoms with E-state index in [1.54, 1.807) is 18.2 Å². The summed E-state index contributed by atoms with van der Waals surface area (Å²) in [6.45, 7) is 0. The maximum atomic E-state index is 12.6. The van der Waals surface area contributed by atoms with E-state index in [4.69, 9.17) is 11.6 Å². The third-order valence-corrected chi connectivity index (χ3v) is 2.69. The highest BCUT2D eigenvalue weighted by Gasteiger charge is 2.35. The minimum atomic E-state index is -3.63. The lowest BCUT2D eigenvalue weighted by atomic mass is 10.1. The van der Waals surface area contributed by atoms with Crippen LogP contribution in [0.15, 0.2) is 36.4 Å². The molecular formula is C12H10ClF2NO. The number of hydrogen-bond acceptors (Lipinski definition) is 2. The van der Waals surface area contributed by atoms with Gasteiger partial charge in [0.1, 0.15) is 6.10 Å². The van der Waals surface area contributed by atoms with E-state index in [0.717, 1.165) is 5.39 Å². The van der Waals surface area contributed by atoms with Crippen LogP contribution < -0.4 is 0 Å². The van der Waals surface area contributed by atoms with Crippen molar-refractivity contribution in [1.29, 1.82) is 0 Å². The van der Waals surface area contributed by atoms with Gasteiger partial charge in [-0.25, -0.2) is 0 Å². The van der Waals surface area contributed by atoms with Gasteiger partial charge >= 0.3 is 5.38 Å². The fraction of sp³-hybridized carbons (Fsp3) is 0.250. The highest BCUT2D eigenvalue weighted by molar-refractivity contribution is 6.22. The molecule has 0 fully saturated rings. The third kappa shape index (κ3) is 2.90. The fourth-order valence-corrected chi connectivity index (χ4v) is 1.61. The van der Waals surface area contributed by atoms with Crippen molar-refractivity contribution >= 4 is 22.5 Å². The van der Waals surface area contributed by atoms with Gasteiger partial charge in [0.05, 0.1) is 5.52 Å². The standard InChI is InChI=1S/C12H10ClF2NO/c13-12(14,15)11(17)7-9-6-5-8-3-1-2-4-10(8)16-9/h1-6,11,17H,7H2. The molecule has 5 heteroatoms. The van der Waals surface area contributed by atoms with Crippen molar-refractivity contribution in [3.8, 4) is 0 Å². The zero-order valence-electron chi connectivity index (χ0n) is 8.78. The van der Waals surface area contributed by atoms with Gasteiger partial charge in [0.15, 0.2) is 0 Å². The lowest BCUT2D eigenvalue weighted by Gasteiger charge is -2.15. The van der Waals surface area contributed by atoms with E-state index in [2.05, 4.69) is 4.98 Å². The normalized spacial score (nSPS) is 13.9. The largest absolute Gasteiger partial charge is 0.385 e. The first-order valence-electron chi connectivity index (χ1n) is 5.06.